The van der Waals surface area contributed by atoms with Crippen LogP contribution in [0.1, 0.15) is 10.4 Å². The van der Waals surface area contributed by atoms with Gasteiger partial charge in [-0.3, -0.25) is 14.9 Å². The quantitative estimate of drug-likeness (QED) is 0.328. The highest BCUT2D eigenvalue weighted by Crippen LogP contribution is 2.23. The topological polar surface area (TPSA) is 115 Å². The van der Waals surface area contributed by atoms with Gasteiger partial charge in [0, 0.05) is 38.3 Å². The molecule has 11 heteroatoms. The van der Waals surface area contributed by atoms with Crippen LogP contribution in [0.15, 0.2) is 65.0 Å². The number of rotatable bonds is 6. The number of nitrogens with zero attached hydrogens (tertiary/aromatic N) is 4. The van der Waals surface area contributed by atoms with Gasteiger partial charge < -0.3 is 4.57 Å². The smallest absolute Gasteiger partial charge is 0.279 e. The highest BCUT2D eigenvalue weighted by atomic mass is 32.2. The molecule has 0 atom stereocenters. The summed E-state index contributed by atoms with van der Waals surface area (Å²) in [6, 6.07) is 9.94. The number of nitro benzene ring substituents is 1. The Morgan fingerprint density at radius 1 is 1.27 bits per heavy atom. The summed E-state index contributed by atoms with van der Waals surface area (Å²) in [5.41, 5.74) is 0.871. The number of carbonyl (C=O) groups is 1. The number of allylic oxidation sites excluding steroid dienone is 1. The Kier molecular flexibility index (Phi) is 5.97. The number of thiazole rings is 1. The molecule has 156 valence electrons. The molecule has 0 saturated heterocycles. The summed E-state index contributed by atoms with van der Waals surface area (Å²) < 4.78 is 27.7. The van der Waals surface area contributed by atoms with Gasteiger partial charge in [0.2, 0.25) is 10.0 Å². The summed E-state index contributed by atoms with van der Waals surface area (Å²) >= 11 is 1.15. The molecule has 1 amide bonds. The van der Waals surface area contributed by atoms with Gasteiger partial charge >= 0.3 is 0 Å². The Bertz CT molecular complexity index is 1320. The van der Waals surface area contributed by atoms with Crippen LogP contribution in [0.25, 0.3) is 10.2 Å². The van der Waals surface area contributed by atoms with Crippen molar-refractivity contribution in [2.45, 2.75) is 11.4 Å². The normalized spacial score (nSPS) is 12.4. The van der Waals surface area contributed by atoms with Crippen molar-refractivity contribution in [3.8, 4) is 0 Å². The minimum absolute atomic E-state index is 0.0509. The molecular weight excluding hydrogens is 428 g/mol. The molecule has 0 saturated carbocycles. The van der Waals surface area contributed by atoms with Gasteiger partial charge in [0.1, 0.15) is 0 Å². The zero-order chi connectivity index (χ0) is 22.1. The Balaban J connectivity index is 2.05. The third kappa shape index (κ3) is 4.08. The van der Waals surface area contributed by atoms with Gasteiger partial charge in [-0.15, -0.1) is 6.58 Å². The number of hydrogen-bond acceptors (Lipinski definition) is 6. The fourth-order valence-corrected chi connectivity index (χ4v) is 4.67. The van der Waals surface area contributed by atoms with E-state index in [-0.39, 0.29) is 16.1 Å². The fourth-order valence-electron chi connectivity index (χ4n) is 2.70. The van der Waals surface area contributed by atoms with Gasteiger partial charge in [-0.25, -0.2) is 12.7 Å². The zero-order valence-electron chi connectivity index (χ0n) is 16.2. The highest BCUT2D eigenvalue weighted by molar-refractivity contribution is 7.89. The van der Waals surface area contributed by atoms with Gasteiger partial charge in [0.25, 0.3) is 11.6 Å². The number of carbonyl (C=O) groups excluding carboxylic acids is 1. The second kappa shape index (κ2) is 8.30. The third-order valence-electron chi connectivity index (χ3n) is 4.27. The molecule has 0 aliphatic heterocycles. The summed E-state index contributed by atoms with van der Waals surface area (Å²) in [6.45, 7) is 4.07. The molecule has 0 aliphatic carbocycles. The molecule has 1 heterocycles. The molecule has 0 fully saturated rings. The van der Waals surface area contributed by atoms with Gasteiger partial charge in [-0.2, -0.15) is 4.99 Å². The number of nitro groups is 1. The SMILES string of the molecule is C=CCn1c(=NC(=O)c2ccc(S(=O)(=O)N(C)C)cc2)sc2cc([N+](=O)[O-])ccc21. The Labute approximate surface area is 176 Å². The van der Waals surface area contributed by atoms with Gasteiger partial charge in [-0.05, 0) is 30.3 Å². The second-order valence-corrected chi connectivity index (χ2v) is 9.58. The first-order valence-corrected chi connectivity index (χ1v) is 10.9. The maximum absolute atomic E-state index is 12.7. The molecular formula is C19H18N4O5S2. The molecule has 0 radical (unpaired) electrons. The first-order valence-electron chi connectivity index (χ1n) is 8.65. The van der Waals surface area contributed by atoms with Crippen LogP contribution in [0.2, 0.25) is 0 Å². The average molecular weight is 447 g/mol. The molecule has 9 nitrogen and oxygen atoms in total. The lowest BCUT2D eigenvalue weighted by atomic mass is 10.2. The van der Waals surface area contributed by atoms with Crippen molar-refractivity contribution in [2.75, 3.05) is 14.1 Å². The molecule has 30 heavy (non-hydrogen) atoms. The third-order valence-corrected chi connectivity index (χ3v) is 7.14. The van der Waals surface area contributed by atoms with Gasteiger partial charge in [-0.1, -0.05) is 17.4 Å². The van der Waals surface area contributed by atoms with Crippen LogP contribution in [0.5, 0.6) is 0 Å². The number of aromatic nitrogens is 1. The lowest BCUT2D eigenvalue weighted by Gasteiger charge is -2.11. The van der Waals surface area contributed by atoms with E-state index >= 15 is 0 Å². The van der Waals surface area contributed by atoms with Crippen molar-refractivity contribution in [3.05, 3.63) is 75.6 Å². The van der Waals surface area contributed by atoms with E-state index in [4.69, 9.17) is 0 Å². The van der Waals surface area contributed by atoms with E-state index in [0.29, 0.717) is 21.6 Å². The summed E-state index contributed by atoms with van der Waals surface area (Å²) in [4.78, 5) is 27.8. The lowest BCUT2D eigenvalue weighted by molar-refractivity contribution is -0.384. The Hall–Kier alpha value is -3.15. The van der Waals surface area contributed by atoms with Crippen molar-refractivity contribution < 1.29 is 18.1 Å². The molecule has 2 aromatic carbocycles. The molecule has 0 spiro atoms. The number of hydrogen-bond donors (Lipinski definition) is 0. The molecule has 1 aromatic heterocycles. The number of amides is 1. The predicted molar refractivity (Wildman–Crippen MR) is 114 cm³/mol. The van der Waals surface area contributed by atoms with E-state index in [0.717, 1.165) is 15.6 Å². The van der Waals surface area contributed by atoms with Crippen LogP contribution >= 0.6 is 11.3 Å². The minimum Gasteiger partial charge on any atom is -0.312 e. The summed E-state index contributed by atoms with van der Waals surface area (Å²) in [7, 11) is -0.749. The van der Waals surface area contributed by atoms with E-state index in [1.165, 1.54) is 50.5 Å². The van der Waals surface area contributed by atoms with Crippen molar-refractivity contribution in [1.82, 2.24) is 8.87 Å². The maximum Gasteiger partial charge on any atom is 0.279 e. The average Bonchev–Trinajstić information content (AvgIpc) is 3.04. The van der Waals surface area contributed by atoms with E-state index < -0.39 is 20.9 Å². The van der Waals surface area contributed by atoms with Crippen LogP contribution in [0.3, 0.4) is 0 Å². The Morgan fingerprint density at radius 3 is 2.50 bits per heavy atom. The summed E-state index contributed by atoms with van der Waals surface area (Å²) in [5, 5.41) is 11.0. The van der Waals surface area contributed by atoms with Crippen molar-refractivity contribution in [2.24, 2.45) is 4.99 Å². The maximum atomic E-state index is 12.7. The largest absolute Gasteiger partial charge is 0.312 e. The summed E-state index contributed by atoms with van der Waals surface area (Å²) in [6.07, 6.45) is 1.64. The van der Waals surface area contributed by atoms with Gasteiger partial charge in [0.05, 0.1) is 20.0 Å². The molecule has 3 rings (SSSR count). The summed E-state index contributed by atoms with van der Waals surface area (Å²) in [5.74, 6) is -0.553. The number of fused-ring (bicyclic) bond motifs is 1. The van der Waals surface area contributed by atoms with Crippen molar-refractivity contribution >= 4 is 43.2 Å². The first-order chi connectivity index (χ1) is 14.1. The molecule has 0 unspecified atom stereocenters. The monoisotopic (exact) mass is 446 g/mol. The molecule has 0 bridgehead atoms. The standard InChI is InChI=1S/C19H18N4O5S2/c1-4-11-22-16-10-7-14(23(25)26)12-17(16)29-19(22)20-18(24)13-5-8-15(9-6-13)30(27,28)21(2)3/h4-10,12H,1,11H2,2-3H3. The van der Waals surface area contributed by atoms with E-state index in [1.54, 1.807) is 16.7 Å². The van der Waals surface area contributed by atoms with E-state index in [2.05, 4.69) is 11.6 Å². The van der Waals surface area contributed by atoms with Crippen LogP contribution in [-0.2, 0) is 16.6 Å². The van der Waals surface area contributed by atoms with Crippen molar-refractivity contribution in [1.29, 1.82) is 0 Å². The van der Waals surface area contributed by atoms with Gasteiger partial charge in [0.15, 0.2) is 4.80 Å². The molecule has 3 aromatic rings. The fraction of sp³-hybridized carbons (Fsp3) is 0.158. The van der Waals surface area contributed by atoms with Crippen LogP contribution in [0, 0.1) is 10.1 Å². The van der Waals surface area contributed by atoms with Crippen LogP contribution in [0.4, 0.5) is 5.69 Å². The van der Waals surface area contributed by atoms with Crippen molar-refractivity contribution in [3.63, 3.8) is 0 Å². The lowest BCUT2D eigenvalue weighted by Crippen LogP contribution is -2.22. The highest BCUT2D eigenvalue weighted by Gasteiger charge is 2.18. The second-order valence-electron chi connectivity index (χ2n) is 6.42. The first kappa shape index (κ1) is 21.6. The predicted octanol–water partition coefficient (Wildman–Crippen LogP) is 2.79. The molecule has 0 N–H and O–H groups in total. The zero-order valence-corrected chi connectivity index (χ0v) is 17.8. The number of benzene rings is 2. The van der Waals surface area contributed by atoms with E-state index in [9.17, 15) is 23.3 Å². The van der Waals surface area contributed by atoms with Crippen LogP contribution < -0.4 is 4.80 Å². The van der Waals surface area contributed by atoms with E-state index in [1.807, 2.05) is 0 Å². The molecule has 0 aliphatic rings. The number of non-ortho nitro benzene ring substituents is 1. The van der Waals surface area contributed by atoms with Crippen LogP contribution in [-0.4, -0.2) is 42.2 Å². The Morgan fingerprint density at radius 2 is 1.93 bits per heavy atom. The minimum atomic E-state index is -3.60. The number of sulfonamides is 1.